The molecule has 0 N–H and O–H groups in total. The number of nitrogens with zero attached hydrogens (tertiary/aromatic N) is 2. The van der Waals surface area contributed by atoms with Gasteiger partial charge in [-0.1, -0.05) is 55.0 Å². The lowest BCUT2D eigenvalue weighted by atomic mass is 9.97. The number of hydrogen-bond donors (Lipinski definition) is 0. The molecule has 0 radical (unpaired) electrons. The van der Waals surface area contributed by atoms with Crippen molar-refractivity contribution in [3.63, 3.8) is 0 Å². The molecule has 3 heteroatoms. The molecule has 0 unspecified atom stereocenters. The quantitative estimate of drug-likeness (QED) is 0.609. The summed E-state index contributed by atoms with van der Waals surface area (Å²) in [7, 11) is 0. The van der Waals surface area contributed by atoms with E-state index >= 15 is 0 Å². The zero-order chi connectivity index (χ0) is 18.8. The van der Waals surface area contributed by atoms with Gasteiger partial charge in [-0.25, -0.2) is 4.98 Å². The monoisotopic (exact) mass is 358 g/mol. The molecule has 1 aromatic heterocycles. The number of carbonyl (C=O) groups excluding carboxylic acids is 1. The summed E-state index contributed by atoms with van der Waals surface area (Å²) in [6.45, 7) is 5.11. The van der Waals surface area contributed by atoms with Crippen molar-refractivity contribution >= 4 is 16.8 Å². The normalized spacial score (nSPS) is 17.3. The molecule has 1 atom stereocenters. The lowest BCUT2D eigenvalue weighted by Gasteiger charge is -2.35. The number of aryl methyl sites for hydroxylation is 1. The molecule has 0 aliphatic carbocycles. The van der Waals surface area contributed by atoms with Crippen LogP contribution in [0.15, 0.2) is 54.6 Å². The first-order chi connectivity index (χ1) is 13.2. The van der Waals surface area contributed by atoms with Crippen molar-refractivity contribution in [2.45, 2.75) is 45.6 Å². The summed E-state index contributed by atoms with van der Waals surface area (Å²) in [5.41, 5.74) is 4.78. The lowest BCUT2D eigenvalue weighted by Crippen LogP contribution is -2.43. The second-order valence-corrected chi connectivity index (χ2v) is 7.49. The average molecular weight is 358 g/mol. The van der Waals surface area contributed by atoms with Crippen molar-refractivity contribution in [1.29, 1.82) is 0 Å². The number of carbonyl (C=O) groups is 1. The number of aromatic nitrogens is 1. The average Bonchev–Trinajstić information content (AvgIpc) is 2.73. The molecule has 138 valence electrons. The van der Waals surface area contributed by atoms with Gasteiger partial charge in [-0.15, -0.1) is 0 Å². The summed E-state index contributed by atoms with van der Waals surface area (Å²) in [4.78, 5) is 20.4. The van der Waals surface area contributed by atoms with E-state index in [2.05, 4.69) is 43.0 Å². The number of pyridine rings is 1. The van der Waals surface area contributed by atoms with Gasteiger partial charge in [0.05, 0.1) is 16.8 Å². The Bertz CT molecular complexity index is 962. The molecular formula is C24H26N2O. The third kappa shape index (κ3) is 3.46. The summed E-state index contributed by atoms with van der Waals surface area (Å²) < 4.78 is 0. The maximum atomic E-state index is 13.5. The van der Waals surface area contributed by atoms with Crippen molar-refractivity contribution in [1.82, 2.24) is 9.88 Å². The van der Waals surface area contributed by atoms with Gasteiger partial charge in [0, 0.05) is 23.5 Å². The van der Waals surface area contributed by atoms with Crippen LogP contribution < -0.4 is 0 Å². The number of benzene rings is 2. The summed E-state index contributed by atoms with van der Waals surface area (Å²) >= 11 is 0. The standard InChI is InChI=1S/C24H26N2O/c1-3-19-8-6-7-15-26(19)24(27)21-16-23(18-13-11-17(2)12-14-18)25-22-10-5-4-9-20(21)22/h4-5,9-14,16,19H,3,6-8,15H2,1-2H3/t19-/m1/s1. The zero-order valence-electron chi connectivity index (χ0n) is 16.1. The molecule has 0 saturated carbocycles. The fraction of sp³-hybridized carbons (Fsp3) is 0.333. The van der Waals surface area contributed by atoms with E-state index in [-0.39, 0.29) is 5.91 Å². The summed E-state index contributed by atoms with van der Waals surface area (Å²) in [6, 6.07) is 18.6. The van der Waals surface area contributed by atoms with Crippen LogP contribution in [0.25, 0.3) is 22.2 Å². The molecule has 27 heavy (non-hydrogen) atoms. The van der Waals surface area contributed by atoms with Gasteiger partial charge in [-0.2, -0.15) is 0 Å². The third-order valence-electron chi connectivity index (χ3n) is 5.65. The maximum absolute atomic E-state index is 13.5. The highest BCUT2D eigenvalue weighted by atomic mass is 16.2. The Labute approximate surface area is 161 Å². The van der Waals surface area contributed by atoms with E-state index in [0.29, 0.717) is 6.04 Å². The van der Waals surface area contributed by atoms with Crippen LogP contribution in [0.3, 0.4) is 0 Å². The van der Waals surface area contributed by atoms with E-state index in [0.717, 1.165) is 53.5 Å². The van der Waals surface area contributed by atoms with Crippen LogP contribution in [-0.2, 0) is 0 Å². The first kappa shape index (κ1) is 17.7. The molecule has 4 rings (SSSR count). The summed E-state index contributed by atoms with van der Waals surface area (Å²) in [6.07, 6.45) is 4.43. The number of fused-ring (bicyclic) bond motifs is 1. The van der Waals surface area contributed by atoms with Crippen molar-refractivity contribution in [2.75, 3.05) is 6.54 Å². The Morgan fingerprint density at radius 2 is 1.89 bits per heavy atom. The molecule has 3 nitrogen and oxygen atoms in total. The lowest BCUT2D eigenvalue weighted by molar-refractivity contribution is 0.0610. The number of amides is 1. The van der Waals surface area contributed by atoms with E-state index in [1.54, 1.807) is 0 Å². The van der Waals surface area contributed by atoms with E-state index < -0.39 is 0 Å². The molecule has 1 saturated heterocycles. The Balaban J connectivity index is 1.83. The van der Waals surface area contributed by atoms with E-state index in [9.17, 15) is 4.79 Å². The molecule has 2 heterocycles. The van der Waals surface area contributed by atoms with Crippen LogP contribution in [0, 0.1) is 6.92 Å². The molecule has 1 amide bonds. The zero-order valence-corrected chi connectivity index (χ0v) is 16.1. The van der Waals surface area contributed by atoms with Crippen LogP contribution in [0.4, 0.5) is 0 Å². The van der Waals surface area contributed by atoms with Gasteiger partial charge in [-0.05, 0) is 44.7 Å². The first-order valence-electron chi connectivity index (χ1n) is 9.95. The van der Waals surface area contributed by atoms with Crippen LogP contribution in [-0.4, -0.2) is 28.4 Å². The van der Waals surface area contributed by atoms with Crippen LogP contribution in [0.1, 0.15) is 48.5 Å². The molecule has 3 aromatic rings. The largest absolute Gasteiger partial charge is 0.336 e. The Hall–Kier alpha value is -2.68. The smallest absolute Gasteiger partial charge is 0.254 e. The van der Waals surface area contributed by atoms with Gasteiger partial charge in [-0.3, -0.25) is 4.79 Å². The topological polar surface area (TPSA) is 33.2 Å². The molecule has 1 aliphatic heterocycles. The number of likely N-dealkylation sites (tertiary alicyclic amines) is 1. The summed E-state index contributed by atoms with van der Waals surface area (Å²) in [5, 5.41) is 0.943. The highest BCUT2D eigenvalue weighted by Crippen LogP contribution is 2.28. The van der Waals surface area contributed by atoms with Gasteiger partial charge < -0.3 is 4.90 Å². The predicted octanol–water partition coefficient (Wildman–Crippen LogP) is 5.61. The Kier molecular flexibility index (Phi) is 4.93. The second kappa shape index (κ2) is 7.51. The number of para-hydroxylation sites is 1. The van der Waals surface area contributed by atoms with E-state index in [1.165, 1.54) is 12.0 Å². The molecule has 0 spiro atoms. The minimum Gasteiger partial charge on any atom is -0.336 e. The Morgan fingerprint density at radius 1 is 1.11 bits per heavy atom. The minimum absolute atomic E-state index is 0.147. The highest BCUT2D eigenvalue weighted by Gasteiger charge is 2.27. The molecule has 1 aliphatic rings. The predicted molar refractivity (Wildman–Crippen MR) is 111 cm³/mol. The van der Waals surface area contributed by atoms with Gasteiger partial charge >= 0.3 is 0 Å². The Morgan fingerprint density at radius 3 is 2.67 bits per heavy atom. The van der Waals surface area contributed by atoms with Gasteiger partial charge in [0.1, 0.15) is 0 Å². The fourth-order valence-electron chi connectivity index (χ4n) is 4.07. The van der Waals surface area contributed by atoms with Gasteiger partial charge in [0.15, 0.2) is 0 Å². The van der Waals surface area contributed by atoms with Crippen molar-refractivity contribution in [3.05, 3.63) is 65.7 Å². The van der Waals surface area contributed by atoms with Gasteiger partial charge in [0.2, 0.25) is 0 Å². The molecule has 0 bridgehead atoms. The summed E-state index contributed by atoms with van der Waals surface area (Å²) in [5.74, 6) is 0.147. The van der Waals surface area contributed by atoms with Gasteiger partial charge in [0.25, 0.3) is 5.91 Å². The molecule has 2 aromatic carbocycles. The van der Waals surface area contributed by atoms with Crippen LogP contribution >= 0.6 is 0 Å². The second-order valence-electron chi connectivity index (χ2n) is 7.49. The van der Waals surface area contributed by atoms with Crippen LogP contribution in [0.2, 0.25) is 0 Å². The maximum Gasteiger partial charge on any atom is 0.254 e. The van der Waals surface area contributed by atoms with E-state index in [1.807, 2.05) is 30.3 Å². The molecular weight excluding hydrogens is 332 g/mol. The minimum atomic E-state index is 0.147. The molecule has 1 fully saturated rings. The number of hydrogen-bond acceptors (Lipinski definition) is 2. The fourth-order valence-corrected chi connectivity index (χ4v) is 4.07. The first-order valence-corrected chi connectivity index (χ1v) is 9.95. The number of piperidine rings is 1. The van der Waals surface area contributed by atoms with Crippen molar-refractivity contribution < 1.29 is 4.79 Å². The van der Waals surface area contributed by atoms with Crippen LogP contribution in [0.5, 0.6) is 0 Å². The van der Waals surface area contributed by atoms with Crippen molar-refractivity contribution in [3.8, 4) is 11.3 Å². The number of rotatable bonds is 3. The van der Waals surface area contributed by atoms with E-state index in [4.69, 9.17) is 4.98 Å². The third-order valence-corrected chi connectivity index (χ3v) is 5.65. The highest BCUT2D eigenvalue weighted by molar-refractivity contribution is 6.07. The SMILES string of the molecule is CC[C@@H]1CCCCN1C(=O)c1cc(-c2ccc(C)cc2)nc2ccccc12. The van der Waals surface area contributed by atoms with Crippen molar-refractivity contribution in [2.24, 2.45) is 0 Å².